The van der Waals surface area contributed by atoms with E-state index in [0.29, 0.717) is 27.8 Å². The van der Waals surface area contributed by atoms with Crippen LogP contribution in [-0.2, 0) is 39.7 Å². The number of benzene rings is 3. The van der Waals surface area contributed by atoms with Gasteiger partial charge >= 0.3 is 0 Å². The Kier molecular flexibility index (Phi) is 7.92. The van der Waals surface area contributed by atoms with E-state index < -0.39 is 31.8 Å². The quantitative estimate of drug-likeness (QED) is 0.280. The van der Waals surface area contributed by atoms with Crippen LogP contribution in [0.25, 0.3) is 10.9 Å². The molecule has 14 heteroatoms. The van der Waals surface area contributed by atoms with Gasteiger partial charge in [0, 0.05) is 37.3 Å². The second-order valence-electron chi connectivity index (χ2n) is 10.1. The third kappa shape index (κ3) is 6.20. The fraction of sp³-hybridized carbons (Fsp3) is 0.241. The number of hydrogen-bond donors (Lipinski definition) is 1. The number of nitrogens with zero attached hydrogens (tertiary/aromatic N) is 3. The van der Waals surface area contributed by atoms with Gasteiger partial charge in [0.05, 0.1) is 36.6 Å². The smallest absolute Gasteiger partial charge is 0.258 e. The van der Waals surface area contributed by atoms with E-state index in [1.165, 1.54) is 30.3 Å². The zero-order chi connectivity index (χ0) is 31.1. The normalized spacial score (nSPS) is 13.2. The highest BCUT2D eigenvalue weighted by molar-refractivity contribution is 7.92. The summed E-state index contributed by atoms with van der Waals surface area (Å²) in [4.78, 5) is 20.0. The van der Waals surface area contributed by atoms with Crippen molar-refractivity contribution >= 4 is 48.2 Å². The molecule has 0 radical (unpaired) electrons. The number of aromatic nitrogens is 1. The first-order valence-corrected chi connectivity index (χ1v) is 16.7. The lowest BCUT2D eigenvalue weighted by Gasteiger charge is -2.23. The third-order valence-corrected chi connectivity index (χ3v) is 8.79. The van der Waals surface area contributed by atoms with Gasteiger partial charge < -0.3 is 14.4 Å². The van der Waals surface area contributed by atoms with Crippen molar-refractivity contribution in [3.8, 4) is 11.5 Å². The Labute approximate surface area is 249 Å². The average Bonchev–Trinajstić information content (AvgIpc) is 3.26. The van der Waals surface area contributed by atoms with Gasteiger partial charge in [0.25, 0.3) is 5.91 Å². The van der Waals surface area contributed by atoms with Gasteiger partial charge in [-0.2, -0.15) is 0 Å². The lowest BCUT2D eigenvalue weighted by molar-refractivity contribution is 0.0763. The summed E-state index contributed by atoms with van der Waals surface area (Å²) in [5, 5.41) is 0.467. The maximum Gasteiger partial charge on any atom is 0.258 e. The number of fused-ring (bicyclic) bond motifs is 2. The largest absolute Gasteiger partial charge is 0.497 e. The van der Waals surface area contributed by atoms with Crippen LogP contribution in [0.5, 0.6) is 11.5 Å². The molecular weight excluding hydrogens is 599 g/mol. The highest BCUT2D eigenvalue weighted by atomic mass is 32.2. The number of amides is 1. The van der Waals surface area contributed by atoms with Crippen molar-refractivity contribution in [2.75, 3.05) is 35.7 Å². The number of ether oxygens (including phenoxy) is 2. The van der Waals surface area contributed by atoms with Crippen LogP contribution in [0.1, 0.15) is 27.0 Å². The van der Waals surface area contributed by atoms with Gasteiger partial charge in [0.1, 0.15) is 23.7 Å². The second-order valence-corrected chi connectivity index (χ2v) is 13.9. The molecule has 2 heterocycles. The van der Waals surface area contributed by atoms with Crippen LogP contribution in [0.3, 0.4) is 0 Å². The van der Waals surface area contributed by atoms with E-state index in [1.54, 1.807) is 31.4 Å². The number of carbonyl (C=O) groups is 1. The van der Waals surface area contributed by atoms with E-state index in [-0.39, 0.29) is 42.4 Å². The maximum absolute atomic E-state index is 14.1. The number of sulfonamides is 2. The summed E-state index contributed by atoms with van der Waals surface area (Å²) in [5.41, 5.74) is 2.25. The van der Waals surface area contributed by atoms with Gasteiger partial charge in [-0.3, -0.25) is 18.8 Å². The Morgan fingerprint density at radius 2 is 1.79 bits per heavy atom. The Bertz CT molecular complexity index is 1950. The van der Waals surface area contributed by atoms with Crippen LogP contribution in [0, 0.1) is 5.82 Å². The van der Waals surface area contributed by atoms with Gasteiger partial charge in [0.2, 0.25) is 20.0 Å². The third-order valence-electron chi connectivity index (χ3n) is 7.03. The number of pyridine rings is 1. The molecule has 1 aliphatic heterocycles. The van der Waals surface area contributed by atoms with Gasteiger partial charge in [-0.25, -0.2) is 21.2 Å². The summed E-state index contributed by atoms with van der Waals surface area (Å²) < 4.78 is 78.3. The second kappa shape index (κ2) is 11.3. The molecule has 1 aliphatic rings. The average molecular weight is 629 g/mol. The van der Waals surface area contributed by atoms with Crippen LogP contribution in [0.2, 0.25) is 0 Å². The zero-order valence-corrected chi connectivity index (χ0v) is 25.4. The highest BCUT2D eigenvalue weighted by Crippen LogP contribution is 2.45. The lowest BCUT2D eigenvalue weighted by Crippen LogP contribution is -2.27. The number of hydrogen-bond acceptors (Lipinski definition) is 8. The predicted molar refractivity (Wildman–Crippen MR) is 161 cm³/mol. The summed E-state index contributed by atoms with van der Waals surface area (Å²) in [7, 11) is -4.56. The first-order valence-electron chi connectivity index (χ1n) is 13.0. The van der Waals surface area contributed by atoms with Gasteiger partial charge in [0.15, 0.2) is 5.75 Å². The molecule has 0 bridgehead atoms. The number of carbonyl (C=O) groups excluding carboxylic acids is 1. The minimum Gasteiger partial charge on any atom is -0.497 e. The molecule has 3 aromatic carbocycles. The molecule has 11 nitrogen and oxygen atoms in total. The molecule has 0 fully saturated rings. The minimum atomic E-state index is -3.76. The molecule has 226 valence electrons. The first kappa shape index (κ1) is 30.0. The summed E-state index contributed by atoms with van der Waals surface area (Å²) in [6, 6.07) is 14.2. The molecular formula is C29H29FN4O7S2. The molecule has 1 N–H and O–H groups in total. The number of halogens is 1. The molecule has 0 spiro atoms. The SMILES string of the molecule is COc1ccc(COc2c3c(c(N(C)S(C)(=O)=O)c4cccnc24)CN(Cc2ccc(F)cc2NS(C)(=O)=O)C3=O)cc1. The van der Waals surface area contributed by atoms with Crippen molar-refractivity contribution in [2.45, 2.75) is 19.7 Å². The van der Waals surface area contributed by atoms with Crippen molar-refractivity contribution in [1.29, 1.82) is 0 Å². The van der Waals surface area contributed by atoms with E-state index >= 15 is 0 Å². The van der Waals surface area contributed by atoms with E-state index in [9.17, 15) is 26.0 Å². The topological polar surface area (TPSA) is 135 Å². The summed E-state index contributed by atoms with van der Waals surface area (Å²) in [6.45, 7) is -0.0464. The van der Waals surface area contributed by atoms with Crippen molar-refractivity contribution in [3.05, 3.63) is 88.9 Å². The van der Waals surface area contributed by atoms with E-state index in [1.807, 2.05) is 12.1 Å². The predicted octanol–water partition coefficient (Wildman–Crippen LogP) is 3.88. The van der Waals surface area contributed by atoms with Crippen LogP contribution in [-0.4, -0.2) is 59.3 Å². The molecule has 5 rings (SSSR count). The highest BCUT2D eigenvalue weighted by Gasteiger charge is 2.38. The molecule has 1 aromatic heterocycles. The van der Waals surface area contributed by atoms with Crippen LogP contribution >= 0.6 is 0 Å². The summed E-state index contributed by atoms with van der Waals surface area (Å²) >= 11 is 0. The van der Waals surface area contributed by atoms with Gasteiger partial charge in [-0.15, -0.1) is 0 Å². The number of anilines is 2. The zero-order valence-electron chi connectivity index (χ0n) is 23.8. The molecule has 0 unspecified atom stereocenters. The van der Waals surface area contributed by atoms with Crippen molar-refractivity contribution in [2.24, 2.45) is 0 Å². The number of methoxy groups -OCH3 is 1. The van der Waals surface area contributed by atoms with Gasteiger partial charge in [-0.1, -0.05) is 18.2 Å². The van der Waals surface area contributed by atoms with Crippen LogP contribution in [0.4, 0.5) is 15.8 Å². The fourth-order valence-electron chi connectivity index (χ4n) is 4.97. The summed E-state index contributed by atoms with van der Waals surface area (Å²) in [6.07, 6.45) is 3.53. The number of nitrogens with one attached hydrogen (secondary N) is 1. The minimum absolute atomic E-state index is 0.0115. The Balaban J connectivity index is 1.63. The monoisotopic (exact) mass is 628 g/mol. The molecule has 43 heavy (non-hydrogen) atoms. The Morgan fingerprint density at radius 1 is 1.07 bits per heavy atom. The van der Waals surface area contributed by atoms with E-state index in [0.717, 1.165) is 28.4 Å². The Morgan fingerprint density at radius 3 is 2.44 bits per heavy atom. The molecule has 0 aliphatic carbocycles. The van der Waals surface area contributed by atoms with Crippen LogP contribution < -0.4 is 18.5 Å². The standard InChI is InChI=1S/C29H29FN4O7S2/c1-33(43(4,38)39)27-22-6-5-13-31-26(22)28(41-17-18-7-11-21(40-2)12-8-18)25-23(27)16-34(29(25)35)15-19-9-10-20(30)14-24(19)32-42(3,36)37/h5-14,32H,15-17H2,1-4H3. The van der Waals surface area contributed by atoms with Crippen molar-refractivity contribution in [1.82, 2.24) is 9.88 Å². The Hall–Kier alpha value is -4.43. The fourth-order valence-corrected chi connectivity index (χ4v) is 6.10. The maximum atomic E-state index is 14.1. The number of rotatable bonds is 10. The van der Waals surface area contributed by atoms with Crippen molar-refractivity contribution in [3.63, 3.8) is 0 Å². The molecule has 0 saturated carbocycles. The first-order chi connectivity index (χ1) is 20.3. The van der Waals surface area contributed by atoms with E-state index in [4.69, 9.17) is 9.47 Å². The van der Waals surface area contributed by atoms with Crippen LogP contribution in [0.15, 0.2) is 60.8 Å². The summed E-state index contributed by atoms with van der Waals surface area (Å²) in [5.74, 6) is -0.283. The molecule has 1 amide bonds. The van der Waals surface area contributed by atoms with Crippen molar-refractivity contribution < 1.29 is 35.5 Å². The molecule has 4 aromatic rings. The van der Waals surface area contributed by atoms with Gasteiger partial charge in [-0.05, 0) is 47.5 Å². The molecule has 0 saturated heterocycles. The lowest BCUT2D eigenvalue weighted by atomic mass is 10.0. The molecule has 0 atom stereocenters. The van der Waals surface area contributed by atoms with E-state index in [2.05, 4.69) is 9.71 Å².